The smallest absolute Gasteiger partial charge is 0.403 e. The fourth-order valence-electron chi connectivity index (χ4n) is 0.803. The van der Waals surface area contributed by atoms with Gasteiger partial charge < -0.3 is 10.5 Å². The van der Waals surface area contributed by atoms with E-state index < -0.39 is 17.7 Å². The van der Waals surface area contributed by atoms with Crippen molar-refractivity contribution in [2.24, 2.45) is 0 Å². The molecular weight excluding hydrogens is 235 g/mol. The van der Waals surface area contributed by atoms with Gasteiger partial charge >= 0.3 is 6.36 Å². The second kappa shape index (κ2) is 3.82. The summed E-state index contributed by atoms with van der Waals surface area (Å²) < 4.78 is 39.1. The van der Waals surface area contributed by atoms with Gasteiger partial charge in [0.1, 0.15) is 11.6 Å². The number of hydrogen-bond acceptors (Lipinski definition) is 4. The number of hydrogen-bond donors (Lipinski definition) is 1. The molecule has 80 valence electrons. The first-order chi connectivity index (χ1) is 6.85. The van der Waals surface area contributed by atoms with E-state index in [0.717, 1.165) is 0 Å². The molecule has 0 atom stereocenters. The van der Waals surface area contributed by atoms with Crippen molar-refractivity contribution in [2.45, 2.75) is 6.36 Å². The highest BCUT2D eigenvalue weighted by molar-refractivity contribution is 6.32. The van der Waals surface area contributed by atoms with Crippen molar-refractivity contribution in [2.75, 3.05) is 5.73 Å². The Balaban J connectivity index is 3.21. The number of pyridine rings is 1. The molecule has 8 heteroatoms. The summed E-state index contributed by atoms with van der Waals surface area (Å²) in [5, 5.41) is 8.31. The van der Waals surface area contributed by atoms with Gasteiger partial charge in [0, 0.05) is 0 Å². The summed E-state index contributed by atoms with van der Waals surface area (Å²) in [5.41, 5.74) is 4.41. The van der Waals surface area contributed by atoms with Crippen molar-refractivity contribution in [1.29, 1.82) is 5.26 Å². The monoisotopic (exact) mass is 237 g/mol. The van der Waals surface area contributed by atoms with Gasteiger partial charge in [-0.3, -0.25) is 0 Å². The van der Waals surface area contributed by atoms with Crippen LogP contribution in [0.3, 0.4) is 0 Å². The zero-order chi connectivity index (χ0) is 11.6. The van der Waals surface area contributed by atoms with Crippen LogP contribution < -0.4 is 10.5 Å². The largest absolute Gasteiger partial charge is 0.573 e. The minimum absolute atomic E-state index is 0.249. The first kappa shape index (κ1) is 11.4. The fourth-order valence-corrected chi connectivity index (χ4v) is 0.946. The lowest BCUT2D eigenvalue weighted by Crippen LogP contribution is -2.18. The molecule has 4 nitrogen and oxygen atoms in total. The standard InChI is InChI=1S/C7H3ClF3N3O/c8-6-5(13)3(1-12)4(2-14-6)15-7(9,10)11/h2H,13H2. The first-order valence-corrected chi connectivity index (χ1v) is 3.82. The number of anilines is 1. The summed E-state index contributed by atoms with van der Waals surface area (Å²) in [6, 6.07) is 1.45. The molecule has 0 aliphatic carbocycles. The van der Waals surface area contributed by atoms with Gasteiger partial charge in [-0.1, -0.05) is 11.6 Å². The molecule has 0 unspecified atom stereocenters. The number of rotatable bonds is 1. The molecule has 0 spiro atoms. The van der Waals surface area contributed by atoms with Crippen molar-refractivity contribution in [3.8, 4) is 11.8 Å². The number of ether oxygens (including phenoxy) is 1. The van der Waals surface area contributed by atoms with Gasteiger partial charge in [-0.05, 0) is 0 Å². The summed E-state index contributed by atoms with van der Waals surface area (Å²) in [5.74, 6) is -0.771. The fraction of sp³-hybridized carbons (Fsp3) is 0.143. The average Bonchev–Trinajstić information content (AvgIpc) is 2.10. The number of nitrogens with zero attached hydrogens (tertiary/aromatic N) is 2. The number of aromatic nitrogens is 1. The van der Waals surface area contributed by atoms with Gasteiger partial charge in [-0.25, -0.2) is 4.98 Å². The van der Waals surface area contributed by atoms with Crippen molar-refractivity contribution in [3.63, 3.8) is 0 Å². The van der Waals surface area contributed by atoms with Gasteiger partial charge in [0.05, 0.1) is 11.9 Å². The van der Waals surface area contributed by atoms with Gasteiger partial charge in [0.25, 0.3) is 0 Å². The maximum absolute atomic E-state index is 11.9. The Labute approximate surface area is 87.0 Å². The molecule has 1 rings (SSSR count). The van der Waals surface area contributed by atoms with Crippen LogP contribution in [0.15, 0.2) is 6.20 Å². The van der Waals surface area contributed by atoms with Crippen LogP contribution in [-0.4, -0.2) is 11.3 Å². The molecule has 0 aliphatic heterocycles. The molecule has 0 radical (unpaired) electrons. The quantitative estimate of drug-likeness (QED) is 0.759. The van der Waals surface area contributed by atoms with Crippen LogP contribution in [0.5, 0.6) is 5.75 Å². The van der Waals surface area contributed by atoms with Crippen LogP contribution in [0.4, 0.5) is 18.9 Å². The summed E-state index contributed by atoms with van der Waals surface area (Å²) in [4.78, 5) is 3.34. The Hall–Kier alpha value is -1.68. The van der Waals surface area contributed by atoms with Gasteiger partial charge in [0.2, 0.25) is 0 Å². The Morgan fingerprint density at radius 3 is 2.60 bits per heavy atom. The van der Waals surface area contributed by atoms with E-state index in [1.807, 2.05) is 0 Å². The second-order valence-corrected chi connectivity index (χ2v) is 2.72. The van der Waals surface area contributed by atoms with Crippen LogP contribution in [0, 0.1) is 11.3 Å². The molecule has 1 heterocycles. The summed E-state index contributed by atoms with van der Waals surface area (Å²) >= 11 is 5.41. The lowest BCUT2D eigenvalue weighted by atomic mass is 10.2. The number of nitrogen functional groups attached to an aromatic ring is 1. The molecule has 0 amide bonds. The third-order valence-corrected chi connectivity index (χ3v) is 1.67. The zero-order valence-electron chi connectivity index (χ0n) is 6.97. The Morgan fingerprint density at radius 1 is 1.53 bits per heavy atom. The number of nitriles is 1. The first-order valence-electron chi connectivity index (χ1n) is 3.45. The number of alkyl halides is 3. The van der Waals surface area contributed by atoms with Crippen LogP contribution in [0.1, 0.15) is 5.56 Å². The summed E-state index contributed by atoms with van der Waals surface area (Å²) in [6.07, 6.45) is -4.22. The molecule has 0 bridgehead atoms. The van der Waals surface area contributed by atoms with Crippen LogP contribution >= 0.6 is 11.6 Å². The van der Waals surface area contributed by atoms with E-state index >= 15 is 0 Å². The Morgan fingerprint density at radius 2 is 2.13 bits per heavy atom. The molecular formula is C7H3ClF3N3O. The Bertz CT molecular complexity index is 427. The third kappa shape index (κ3) is 2.63. The SMILES string of the molecule is N#Cc1c(OC(F)(F)F)cnc(Cl)c1N. The predicted octanol–water partition coefficient (Wildman–Crippen LogP) is 2.09. The maximum Gasteiger partial charge on any atom is 0.573 e. The molecule has 1 aromatic rings. The second-order valence-electron chi connectivity index (χ2n) is 2.36. The van der Waals surface area contributed by atoms with E-state index in [9.17, 15) is 13.2 Å². The van der Waals surface area contributed by atoms with Gasteiger partial charge in [-0.15, -0.1) is 13.2 Å². The van der Waals surface area contributed by atoms with E-state index in [2.05, 4.69) is 9.72 Å². The highest BCUT2D eigenvalue weighted by atomic mass is 35.5. The third-order valence-electron chi connectivity index (χ3n) is 1.37. The van der Waals surface area contributed by atoms with Gasteiger partial charge in [-0.2, -0.15) is 5.26 Å². The number of nitrogens with two attached hydrogens (primary N) is 1. The molecule has 2 N–H and O–H groups in total. The normalized spacial score (nSPS) is 10.9. The minimum Gasteiger partial charge on any atom is -0.403 e. The average molecular weight is 238 g/mol. The van der Waals surface area contributed by atoms with E-state index in [1.54, 1.807) is 0 Å². The van der Waals surface area contributed by atoms with Crippen LogP contribution in [-0.2, 0) is 0 Å². The van der Waals surface area contributed by atoms with E-state index in [4.69, 9.17) is 22.6 Å². The predicted molar refractivity (Wildman–Crippen MR) is 45.1 cm³/mol. The molecule has 0 saturated carbocycles. The zero-order valence-corrected chi connectivity index (χ0v) is 7.73. The highest BCUT2D eigenvalue weighted by Crippen LogP contribution is 2.31. The summed E-state index contributed by atoms with van der Waals surface area (Å²) in [7, 11) is 0. The molecule has 0 aromatic carbocycles. The maximum atomic E-state index is 11.9. The Kier molecular flexibility index (Phi) is 2.90. The molecule has 0 aliphatic rings. The summed E-state index contributed by atoms with van der Waals surface area (Å²) in [6.45, 7) is 0. The highest BCUT2D eigenvalue weighted by Gasteiger charge is 2.33. The molecule has 0 saturated heterocycles. The van der Waals surface area contributed by atoms with Crippen molar-refractivity contribution < 1.29 is 17.9 Å². The lowest BCUT2D eigenvalue weighted by Gasteiger charge is -2.10. The van der Waals surface area contributed by atoms with Crippen molar-refractivity contribution >= 4 is 17.3 Å². The van der Waals surface area contributed by atoms with E-state index in [-0.39, 0.29) is 10.8 Å². The minimum atomic E-state index is -4.91. The van der Waals surface area contributed by atoms with E-state index in [0.29, 0.717) is 6.20 Å². The molecule has 0 fully saturated rings. The lowest BCUT2D eigenvalue weighted by molar-refractivity contribution is -0.274. The number of halogens is 4. The van der Waals surface area contributed by atoms with Gasteiger partial charge in [0.15, 0.2) is 10.9 Å². The van der Waals surface area contributed by atoms with Crippen LogP contribution in [0.25, 0.3) is 0 Å². The van der Waals surface area contributed by atoms with Crippen molar-refractivity contribution in [1.82, 2.24) is 4.98 Å². The molecule has 1 aromatic heterocycles. The van der Waals surface area contributed by atoms with E-state index in [1.165, 1.54) is 6.07 Å². The molecule has 15 heavy (non-hydrogen) atoms. The van der Waals surface area contributed by atoms with Crippen molar-refractivity contribution in [3.05, 3.63) is 16.9 Å². The van der Waals surface area contributed by atoms with Crippen LogP contribution in [0.2, 0.25) is 5.15 Å². The topological polar surface area (TPSA) is 71.9 Å².